The Bertz CT molecular complexity index is 1270. The third-order valence-electron chi connectivity index (χ3n) is 4.92. The molecule has 34 heavy (non-hydrogen) atoms. The lowest BCUT2D eigenvalue weighted by molar-refractivity contribution is -0.115. The number of nitrogens with one attached hydrogen (secondary N) is 1. The molecule has 176 valence electrons. The molecule has 1 aliphatic rings. The van der Waals surface area contributed by atoms with Gasteiger partial charge in [0.15, 0.2) is 11.5 Å². The van der Waals surface area contributed by atoms with Crippen molar-refractivity contribution < 1.29 is 28.2 Å². The highest BCUT2D eigenvalue weighted by Gasteiger charge is 2.35. The standard InChI is InChI=1S/C22H18F2N4O4S2/c1-31-17-5-2-13(7-19-20(29)27-21(33)34-19)6-18(17)32-10-22(30,9-28-12-25-11-26-28)15-4-3-14(23)8-16(15)24/h2-8,11-12,30H,9-10H2,1H3,(H,27,29,33)/b19-7-. The van der Waals surface area contributed by atoms with Crippen molar-refractivity contribution >= 4 is 40.3 Å². The van der Waals surface area contributed by atoms with Crippen LogP contribution in [0.3, 0.4) is 0 Å². The second-order valence-corrected chi connectivity index (χ2v) is 9.02. The van der Waals surface area contributed by atoms with Crippen LogP contribution in [0.5, 0.6) is 11.5 Å². The van der Waals surface area contributed by atoms with E-state index in [1.807, 2.05) is 0 Å². The van der Waals surface area contributed by atoms with Gasteiger partial charge in [-0.1, -0.05) is 36.1 Å². The number of thioether (sulfide) groups is 1. The molecule has 0 radical (unpaired) electrons. The summed E-state index contributed by atoms with van der Waals surface area (Å²) >= 11 is 6.14. The first-order chi connectivity index (χ1) is 16.3. The number of carbonyl (C=O) groups is 1. The van der Waals surface area contributed by atoms with Gasteiger partial charge in [-0.2, -0.15) is 5.10 Å². The molecular weight excluding hydrogens is 486 g/mol. The van der Waals surface area contributed by atoms with Crippen LogP contribution in [0.1, 0.15) is 11.1 Å². The van der Waals surface area contributed by atoms with Gasteiger partial charge in [0.2, 0.25) is 0 Å². The van der Waals surface area contributed by atoms with Crippen LogP contribution in [0.15, 0.2) is 54.0 Å². The SMILES string of the molecule is COc1ccc(/C=C2\SC(=S)NC2=O)cc1OCC(O)(Cn1cncn1)c1ccc(F)cc1F. The Morgan fingerprint density at radius 2 is 2.09 bits per heavy atom. The number of nitrogens with zero attached hydrogens (tertiary/aromatic N) is 3. The smallest absolute Gasteiger partial charge is 0.263 e. The van der Waals surface area contributed by atoms with Crippen molar-refractivity contribution in [3.8, 4) is 11.5 Å². The quantitative estimate of drug-likeness (QED) is 0.357. The second-order valence-electron chi connectivity index (χ2n) is 7.30. The monoisotopic (exact) mass is 504 g/mol. The zero-order chi connectivity index (χ0) is 24.3. The fraction of sp³-hybridized carbons (Fsp3) is 0.182. The van der Waals surface area contributed by atoms with E-state index in [1.165, 1.54) is 24.4 Å². The molecule has 3 aromatic rings. The Morgan fingerprint density at radius 1 is 1.26 bits per heavy atom. The average molecular weight is 505 g/mol. The van der Waals surface area contributed by atoms with Crippen molar-refractivity contribution in [2.24, 2.45) is 0 Å². The second kappa shape index (κ2) is 9.87. The largest absolute Gasteiger partial charge is 0.493 e. The Kier molecular flexibility index (Phi) is 6.91. The highest BCUT2D eigenvalue weighted by Crippen LogP contribution is 2.34. The van der Waals surface area contributed by atoms with Crippen LogP contribution >= 0.6 is 24.0 Å². The van der Waals surface area contributed by atoms with Gasteiger partial charge < -0.3 is 19.9 Å². The van der Waals surface area contributed by atoms with Gasteiger partial charge in [0.05, 0.1) is 18.6 Å². The maximum atomic E-state index is 14.6. The number of methoxy groups -OCH3 is 1. The molecule has 2 heterocycles. The summed E-state index contributed by atoms with van der Waals surface area (Å²) in [5.74, 6) is -1.42. The molecular formula is C22H18F2N4O4S2. The first-order valence-electron chi connectivity index (χ1n) is 9.83. The van der Waals surface area contributed by atoms with Gasteiger partial charge in [-0.15, -0.1) is 0 Å². The molecule has 1 fully saturated rings. The normalized spacial score (nSPS) is 16.4. The van der Waals surface area contributed by atoms with Gasteiger partial charge in [0.1, 0.15) is 40.8 Å². The summed E-state index contributed by atoms with van der Waals surface area (Å²) in [6.07, 6.45) is 4.26. The van der Waals surface area contributed by atoms with Crippen LogP contribution in [-0.4, -0.2) is 43.8 Å². The van der Waals surface area contributed by atoms with Gasteiger partial charge in [0, 0.05) is 11.6 Å². The third kappa shape index (κ3) is 5.24. The number of thiocarbonyl (C=S) groups is 1. The summed E-state index contributed by atoms with van der Waals surface area (Å²) in [4.78, 5) is 16.2. The molecule has 12 heteroatoms. The minimum atomic E-state index is -1.93. The van der Waals surface area contributed by atoms with E-state index in [9.17, 15) is 18.7 Å². The first kappa shape index (κ1) is 23.8. The predicted octanol–water partition coefficient (Wildman–Crippen LogP) is 3.02. The lowest BCUT2D eigenvalue weighted by Gasteiger charge is -2.29. The number of hydrogen-bond donors (Lipinski definition) is 2. The third-order valence-corrected chi connectivity index (χ3v) is 6.08. The number of benzene rings is 2. The molecule has 2 N–H and O–H groups in total. The van der Waals surface area contributed by atoms with Crippen molar-refractivity contribution in [1.29, 1.82) is 0 Å². The highest BCUT2D eigenvalue weighted by molar-refractivity contribution is 8.26. The maximum Gasteiger partial charge on any atom is 0.263 e. The molecule has 4 rings (SSSR count). The topological polar surface area (TPSA) is 98.5 Å². The van der Waals surface area contributed by atoms with E-state index in [1.54, 1.807) is 24.3 Å². The Balaban J connectivity index is 1.64. The summed E-state index contributed by atoms with van der Waals surface area (Å²) in [5.41, 5.74) is -1.49. The molecule has 1 aliphatic heterocycles. The number of halogens is 2. The molecule has 0 aliphatic carbocycles. The fourth-order valence-corrected chi connectivity index (χ4v) is 4.37. The highest BCUT2D eigenvalue weighted by atomic mass is 32.2. The van der Waals surface area contributed by atoms with Gasteiger partial charge in [-0.05, 0) is 29.8 Å². The Hall–Kier alpha value is -3.35. The number of aromatic nitrogens is 3. The van der Waals surface area contributed by atoms with Crippen LogP contribution in [0, 0.1) is 11.6 Å². The predicted molar refractivity (Wildman–Crippen MR) is 125 cm³/mol. The summed E-state index contributed by atoms with van der Waals surface area (Å²) < 4.78 is 41.0. The summed E-state index contributed by atoms with van der Waals surface area (Å²) in [5, 5.41) is 17.9. The van der Waals surface area contributed by atoms with Crippen molar-refractivity contribution in [1.82, 2.24) is 20.1 Å². The molecule has 1 aromatic heterocycles. The summed E-state index contributed by atoms with van der Waals surface area (Å²) in [7, 11) is 1.44. The van der Waals surface area contributed by atoms with Crippen LogP contribution < -0.4 is 14.8 Å². The number of aliphatic hydroxyl groups is 1. The maximum absolute atomic E-state index is 14.6. The van der Waals surface area contributed by atoms with Crippen molar-refractivity contribution in [2.75, 3.05) is 13.7 Å². The minimum Gasteiger partial charge on any atom is -0.493 e. The van der Waals surface area contributed by atoms with E-state index in [-0.39, 0.29) is 23.8 Å². The average Bonchev–Trinajstić information content (AvgIpc) is 3.41. The van der Waals surface area contributed by atoms with Crippen LogP contribution in [0.4, 0.5) is 8.78 Å². The van der Waals surface area contributed by atoms with E-state index < -0.39 is 23.8 Å². The molecule has 2 aromatic carbocycles. The van der Waals surface area contributed by atoms with Crippen molar-refractivity contribution in [2.45, 2.75) is 12.1 Å². The number of carbonyl (C=O) groups excluding carboxylic acids is 1. The fourth-order valence-electron chi connectivity index (χ4n) is 3.32. The van der Waals surface area contributed by atoms with E-state index in [2.05, 4.69) is 15.4 Å². The number of hydrogen-bond acceptors (Lipinski definition) is 8. The van der Waals surface area contributed by atoms with Crippen LogP contribution in [0.2, 0.25) is 0 Å². The van der Waals surface area contributed by atoms with Crippen LogP contribution in [-0.2, 0) is 16.9 Å². The van der Waals surface area contributed by atoms with E-state index in [4.69, 9.17) is 21.7 Å². The molecule has 1 amide bonds. The molecule has 1 saturated heterocycles. The van der Waals surface area contributed by atoms with E-state index in [0.717, 1.165) is 23.9 Å². The first-order valence-corrected chi connectivity index (χ1v) is 11.1. The molecule has 1 unspecified atom stereocenters. The summed E-state index contributed by atoms with van der Waals surface area (Å²) in [6, 6.07) is 7.85. The Morgan fingerprint density at radius 3 is 2.74 bits per heavy atom. The molecule has 0 bridgehead atoms. The van der Waals surface area contributed by atoms with E-state index >= 15 is 0 Å². The van der Waals surface area contributed by atoms with Gasteiger partial charge >= 0.3 is 0 Å². The molecule has 0 spiro atoms. The van der Waals surface area contributed by atoms with Gasteiger partial charge in [0.25, 0.3) is 5.91 Å². The Labute approximate surface area is 202 Å². The number of rotatable bonds is 8. The number of amides is 1. The molecule has 8 nitrogen and oxygen atoms in total. The lowest BCUT2D eigenvalue weighted by atomic mass is 9.94. The minimum absolute atomic E-state index is 0.172. The molecule has 0 saturated carbocycles. The van der Waals surface area contributed by atoms with Crippen molar-refractivity contribution in [3.63, 3.8) is 0 Å². The van der Waals surface area contributed by atoms with Crippen LogP contribution in [0.25, 0.3) is 6.08 Å². The van der Waals surface area contributed by atoms with Gasteiger partial charge in [-0.3, -0.25) is 4.79 Å². The lowest BCUT2D eigenvalue weighted by Crippen LogP contribution is -2.39. The van der Waals surface area contributed by atoms with Gasteiger partial charge in [-0.25, -0.2) is 18.4 Å². The zero-order valence-corrected chi connectivity index (χ0v) is 19.3. The van der Waals surface area contributed by atoms with Crippen molar-refractivity contribution in [3.05, 3.63) is 76.7 Å². The number of ether oxygens (including phenoxy) is 2. The van der Waals surface area contributed by atoms with E-state index in [0.29, 0.717) is 26.6 Å². The molecule has 1 atom stereocenters. The zero-order valence-electron chi connectivity index (χ0n) is 17.7. The summed E-state index contributed by atoms with van der Waals surface area (Å²) in [6.45, 7) is -0.638.